The first-order valence-electron chi connectivity index (χ1n) is 9.06. The average Bonchev–Trinajstić information content (AvgIpc) is 3.13. The molecule has 0 saturated carbocycles. The highest BCUT2D eigenvalue weighted by molar-refractivity contribution is 9.10. The maximum atomic E-state index is 11.9. The fourth-order valence-corrected chi connectivity index (χ4v) is 3.12. The van der Waals surface area contributed by atoms with Gasteiger partial charge in [0.1, 0.15) is 12.4 Å². The largest absolute Gasteiger partial charge is 0.489 e. The van der Waals surface area contributed by atoms with Crippen LogP contribution in [0.1, 0.15) is 27.2 Å². The minimum atomic E-state index is -0.421. The number of nitrogens with zero attached hydrogens (tertiary/aromatic N) is 2. The molecule has 0 saturated heterocycles. The maximum Gasteiger partial charge on any atom is 0.277 e. The van der Waals surface area contributed by atoms with E-state index in [1.807, 2.05) is 30.3 Å². The number of hydrogen-bond acceptors (Lipinski definition) is 7. The van der Waals surface area contributed by atoms with Crippen molar-refractivity contribution >= 4 is 27.7 Å². The Morgan fingerprint density at radius 1 is 1.21 bits per heavy atom. The van der Waals surface area contributed by atoms with Crippen LogP contribution in [0.2, 0.25) is 0 Å². The summed E-state index contributed by atoms with van der Waals surface area (Å²) in [5, 5.41) is 12.8. The summed E-state index contributed by atoms with van der Waals surface area (Å²) in [4.78, 5) is 11.9. The number of ether oxygens (including phenoxy) is 1. The first-order valence-corrected chi connectivity index (χ1v) is 9.86. The van der Waals surface area contributed by atoms with Crippen LogP contribution >= 0.6 is 15.9 Å². The number of carbonyl (C=O) groups excluding carboxylic acids is 1. The number of nitrogens with two attached hydrogens (primary N) is 1. The Balaban J connectivity index is 1.49. The predicted molar refractivity (Wildman–Crippen MR) is 112 cm³/mol. The van der Waals surface area contributed by atoms with E-state index >= 15 is 0 Å². The lowest BCUT2D eigenvalue weighted by atomic mass is 10.1. The number of aryl methyl sites for hydroxylation is 1. The lowest BCUT2D eigenvalue weighted by Crippen LogP contribution is -2.32. The van der Waals surface area contributed by atoms with Gasteiger partial charge in [-0.15, -0.1) is 0 Å². The number of halogens is 1. The van der Waals surface area contributed by atoms with E-state index in [-0.39, 0.29) is 11.5 Å². The van der Waals surface area contributed by atoms with E-state index in [1.54, 1.807) is 0 Å². The van der Waals surface area contributed by atoms with Gasteiger partial charge in [0.25, 0.3) is 5.91 Å². The molecule has 0 atom stereocenters. The van der Waals surface area contributed by atoms with Gasteiger partial charge in [0.15, 0.2) is 0 Å². The lowest BCUT2D eigenvalue weighted by Gasteiger charge is -2.13. The van der Waals surface area contributed by atoms with E-state index in [2.05, 4.69) is 60.6 Å². The summed E-state index contributed by atoms with van der Waals surface area (Å²) >= 11 is 3.50. The molecule has 3 rings (SSSR count). The zero-order chi connectivity index (χ0) is 20.6. The van der Waals surface area contributed by atoms with E-state index in [1.165, 1.54) is 5.56 Å². The second kappa shape index (κ2) is 10.0. The molecule has 3 aromatic rings. The van der Waals surface area contributed by atoms with Crippen LogP contribution in [0, 0.1) is 6.92 Å². The zero-order valence-corrected chi connectivity index (χ0v) is 17.5. The van der Waals surface area contributed by atoms with Crippen molar-refractivity contribution in [1.82, 2.24) is 20.9 Å². The molecule has 1 heterocycles. The molecule has 0 fully saturated rings. The van der Waals surface area contributed by atoms with E-state index in [9.17, 15) is 4.79 Å². The summed E-state index contributed by atoms with van der Waals surface area (Å²) in [5.74, 6) is 0.364. The first kappa shape index (κ1) is 20.8. The number of nitrogen functional groups attached to an aromatic ring is 1. The lowest BCUT2D eigenvalue weighted by molar-refractivity contribution is 0.0944. The SMILES string of the molecule is Cc1cccc(COc2ccc(Br)cc2CNCCNC(=O)c2nonc2N)c1. The Bertz CT molecular complexity index is 976. The number of rotatable bonds is 9. The quantitative estimate of drug-likeness (QED) is 0.421. The highest BCUT2D eigenvalue weighted by atomic mass is 79.9. The molecule has 0 aliphatic rings. The van der Waals surface area contributed by atoms with Gasteiger partial charge in [0.05, 0.1) is 0 Å². The van der Waals surface area contributed by atoms with Gasteiger partial charge in [-0.2, -0.15) is 0 Å². The Labute approximate surface area is 176 Å². The van der Waals surface area contributed by atoms with Crippen molar-refractivity contribution in [1.29, 1.82) is 0 Å². The van der Waals surface area contributed by atoms with E-state index < -0.39 is 5.91 Å². The molecular formula is C20H22BrN5O3. The Morgan fingerprint density at radius 3 is 2.83 bits per heavy atom. The van der Waals surface area contributed by atoms with Crippen LogP contribution in [0.25, 0.3) is 0 Å². The summed E-state index contributed by atoms with van der Waals surface area (Å²) in [6.07, 6.45) is 0. The zero-order valence-electron chi connectivity index (χ0n) is 15.9. The summed E-state index contributed by atoms with van der Waals surface area (Å²) in [6.45, 7) is 4.11. The number of anilines is 1. The number of benzene rings is 2. The fourth-order valence-electron chi connectivity index (χ4n) is 2.71. The molecule has 1 aromatic heterocycles. The van der Waals surface area contributed by atoms with Crippen LogP contribution < -0.4 is 21.1 Å². The monoisotopic (exact) mass is 459 g/mol. The van der Waals surface area contributed by atoms with Crippen LogP contribution in [0.4, 0.5) is 5.82 Å². The first-order chi connectivity index (χ1) is 14.0. The topological polar surface area (TPSA) is 115 Å². The number of nitrogens with one attached hydrogen (secondary N) is 2. The predicted octanol–water partition coefficient (Wildman–Crippen LogP) is 2.82. The van der Waals surface area contributed by atoms with E-state index in [0.717, 1.165) is 21.3 Å². The Morgan fingerprint density at radius 2 is 2.07 bits per heavy atom. The van der Waals surface area contributed by atoms with Crippen molar-refractivity contribution in [3.05, 3.63) is 69.3 Å². The minimum Gasteiger partial charge on any atom is -0.489 e. The molecule has 0 spiro atoms. The van der Waals surface area contributed by atoms with Crippen LogP contribution in [-0.4, -0.2) is 29.3 Å². The van der Waals surface area contributed by atoms with Crippen LogP contribution in [0.5, 0.6) is 5.75 Å². The van der Waals surface area contributed by atoms with Gasteiger partial charge in [-0.25, -0.2) is 4.63 Å². The van der Waals surface area contributed by atoms with Crippen molar-refractivity contribution < 1.29 is 14.2 Å². The second-order valence-electron chi connectivity index (χ2n) is 6.46. The molecule has 1 amide bonds. The van der Waals surface area contributed by atoms with E-state index in [0.29, 0.717) is 26.2 Å². The molecule has 0 aliphatic heterocycles. The van der Waals surface area contributed by atoms with Crippen molar-refractivity contribution in [2.24, 2.45) is 0 Å². The molecule has 152 valence electrons. The van der Waals surface area contributed by atoms with Crippen LogP contribution in [-0.2, 0) is 13.2 Å². The van der Waals surface area contributed by atoms with E-state index in [4.69, 9.17) is 10.5 Å². The Kier molecular flexibility index (Phi) is 7.20. The van der Waals surface area contributed by atoms with Gasteiger partial charge in [0.2, 0.25) is 11.5 Å². The highest BCUT2D eigenvalue weighted by Gasteiger charge is 2.15. The molecule has 0 aliphatic carbocycles. The molecule has 0 unspecified atom stereocenters. The summed E-state index contributed by atoms with van der Waals surface area (Å²) < 4.78 is 11.4. The summed E-state index contributed by atoms with van der Waals surface area (Å²) in [6, 6.07) is 14.1. The molecule has 2 aromatic carbocycles. The Hall–Kier alpha value is -2.91. The van der Waals surface area contributed by atoms with Gasteiger partial charge < -0.3 is 21.1 Å². The molecule has 8 nitrogen and oxygen atoms in total. The van der Waals surface area contributed by atoms with Gasteiger partial charge in [-0.1, -0.05) is 45.8 Å². The number of amides is 1. The smallest absolute Gasteiger partial charge is 0.277 e. The van der Waals surface area contributed by atoms with Crippen LogP contribution in [0.3, 0.4) is 0 Å². The fraction of sp³-hybridized carbons (Fsp3) is 0.250. The maximum absolute atomic E-state index is 11.9. The van der Waals surface area contributed by atoms with Crippen molar-refractivity contribution in [2.75, 3.05) is 18.8 Å². The normalized spacial score (nSPS) is 10.7. The number of aromatic nitrogens is 2. The molecule has 0 bridgehead atoms. The summed E-state index contributed by atoms with van der Waals surface area (Å²) in [7, 11) is 0. The highest BCUT2D eigenvalue weighted by Crippen LogP contribution is 2.24. The third-order valence-electron chi connectivity index (χ3n) is 4.13. The molecular weight excluding hydrogens is 438 g/mol. The molecule has 4 N–H and O–H groups in total. The van der Waals surface area contributed by atoms with Gasteiger partial charge in [-0.05, 0) is 41.0 Å². The average molecular weight is 460 g/mol. The molecule has 29 heavy (non-hydrogen) atoms. The molecule has 0 radical (unpaired) electrons. The second-order valence-corrected chi connectivity index (χ2v) is 7.38. The van der Waals surface area contributed by atoms with Gasteiger partial charge in [-0.3, -0.25) is 4.79 Å². The van der Waals surface area contributed by atoms with Crippen molar-refractivity contribution in [2.45, 2.75) is 20.1 Å². The third kappa shape index (κ3) is 6.03. The summed E-state index contributed by atoms with van der Waals surface area (Å²) in [5.41, 5.74) is 8.83. The number of hydrogen-bond donors (Lipinski definition) is 3. The molecule has 9 heteroatoms. The van der Waals surface area contributed by atoms with Crippen molar-refractivity contribution in [3.8, 4) is 5.75 Å². The van der Waals surface area contributed by atoms with Gasteiger partial charge >= 0.3 is 0 Å². The third-order valence-corrected chi connectivity index (χ3v) is 4.62. The minimum absolute atomic E-state index is 0.0103. The van der Waals surface area contributed by atoms with Gasteiger partial charge in [0, 0.05) is 29.7 Å². The standard InChI is InChI=1S/C20H22BrN5O3/c1-13-3-2-4-14(9-13)12-28-17-6-5-16(21)10-15(17)11-23-7-8-24-20(27)18-19(22)26-29-25-18/h2-6,9-10,23H,7-8,11-12H2,1H3,(H2,22,26)(H,24,27). The number of carbonyl (C=O) groups is 1. The van der Waals surface area contributed by atoms with Crippen LogP contribution in [0.15, 0.2) is 51.6 Å². The van der Waals surface area contributed by atoms with Crippen molar-refractivity contribution in [3.63, 3.8) is 0 Å².